The number of rotatable bonds is 6. The van der Waals surface area contributed by atoms with Gasteiger partial charge >= 0.3 is 0 Å². The molecule has 3 fully saturated rings. The van der Waals surface area contributed by atoms with E-state index in [1.54, 1.807) is 0 Å². The molecule has 2 atom stereocenters. The maximum absolute atomic E-state index is 2.89. The fourth-order valence-corrected chi connectivity index (χ4v) is 7.19. The van der Waals surface area contributed by atoms with Crippen LogP contribution in [0.2, 0.25) is 0 Å². The molecular formula is C30H61N3. The first-order valence-electron chi connectivity index (χ1n) is 14.3. The van der Waals surface area contributed by atoms with Crippen molar-refractivity contribution in [3.63, 3.8) is 0 Å². The van der Waals surface area contributed by atoms with Crippen LogP contribution in [0.3, 0.4) is 0 Å². The summed E-state index contributed by atoms with van der Waals surface area (Å²) in [6.45, 7) is 36.3. The van der Waals surface area contributed by atoms with Crippen LogP contribution in [0.5, 0.6) is 0 Å². The van der Waals surface area contributed by atoms with Crippen LogP contribution in [0.15, 0.2) is 0 Å². The van der Waals surface area contributed by atoms with Crippen molar-refractivity contribution < 1.29 is 0 Å². The van der Waals surface area contributed by atoms with Gasteiger partial charge in [-0.1, -0.05) is 48.0 Å². The molecule has 0 spiro atoms. The van der Waals surface area contributed by atoms with Gasteiger partial charge in [0.25, 0.3) is 0 Å². The molecule has 3 rings (SSSR count). The van der Waals surface area contributed by atoms with Crippen molar-refractivity contribution in [3.05, 3.63) is 0 Å². The fourth-order valence-electron chi connectivity index (χ4n) is 7.19. The molecule has 0 amide bonds. The van der Waals surface area contributed by atoms with Gasteiger partial charge in [0, 0.05) is 41.8 Å². The Morgan fingerprint density at radius 2 is 1.21 bits per heavy atom. The zero-order valence-corrected chi connectivity index (χ0v) is 25.0. The number of piperidine rings is 1. The molecule has 33 heavy (non-hydrogen) atoms. The quantitative estimate of drug-likeness (QED) is 0.409. The summed E-state index contributed by atoms with van der Waals surface area (Å²) in [5.74, 6) is 1.56. The van der Waals surface area contributed by atoms with Crippen LogP contribution in [0.1, 0.15) is 122 Å². The zero-order valence-electron chi connectivity index (χ0n) is 25.0. The van der Waals surface area contributed by atoms with E-state index in [-0.39, 0.29) is 0 Å². The third kappa shape index (κ3) is 6.56. The van der Waals surface area contributed by atoms with Gasteiger partial charge in [0.15, 0.2) is 0 Å². The summed E-state index contributed by atoms with van der Waals surface area (Å²) >= 11 is 0. The predicted octanol–water partition coefficient (Wildman–Crippen LogP) is 7.30. The summed E-state index contributed by atoms with van der Waals surface area (Å²) in [7, 11) is 0. The monoisotopic (exact) mass is 463 g/mol. The Labute approximate surface area is 209 Å². The fraction of sp³-hybridized carbons (Fsp3) is 1.00. The van der Waals surface area contributed by atoms with E-state index in [0.29, 0.717) is 27.9 Å². The van der Waals surface area contributed by atoms with E-state index in [1.807, 2.05) is 0 Å². The van der Waals surface area contributed by atoms with Crippen LogP contribution in [0.25, 0.3) is 0 Å². The Morgan fingerprint density at radius 1 is 0.758 bits per heavy atom. The first kappa shape index (κ1) is 29.1. The third-order valence-corrected chi connectivity index (χ3v) is 9.60. The first-order chi connectivity index (χ1) is 15.0. The second-order valence-electron chi connectivity index (χ2n) is 14.8. The lowest BCUT2D eigenvalue weighted by atomic mass is 9.67. The van der Waals surface area contributed by atoms with Crippen LogP contribution >= 0.6 is 0 Å². The minimum atomic E-state index is 0.293. The average Bonchev–Trinajstić information content (AvgIpc) is 3.29. The van der Waals surface area contributed by atoms with Gasteiger partial charge < -0.3 is 0 Å². The van der Waals surface area contributed by atoms with Gasteiger partial charge in [-0.3, -0.25) is 14.7 Å². The van der Waals surface area contributed by atoms with Crippen molar-refractivity contribution in [1.82, 2.24) is 14.7 Å². The van der Waals surface area contributed by atoms with Crippen molar-refractivity contribution in [2.24, 2.45) is 17.3 Å². The number of likely N-dealkylation sites (tertiary alicyclic amines) is 3. The van der Waals surface area contributed by atoms with E-state index >= 15 is 0 Å². The Bertz CT molecular complexity index is 605. The number of nitrogens with zero attached hydrogens (tertiary/aromatic N) is 3. The summed E-state index contributed by atoms with van der Waals surface area (Å²) in [4.78, 5) is 8.41. The van der Waals surface area contributed by atoms with E-state index in [9.17, 15) is 0 Å². The van der Waals surface area contributed by atoms with E-state index in [4.69, 9.17) is 0 Å². The van der Waals surface area contributed by atoms with E-state index < -0.39 is 0 Å². The van der Waals surface area contributed by atoms with E-state index in [2.05, 4.69) is 105 Å². The molecule has 196 valence electrons. The molecule has 3 nitrogen and oxygen atoms in total. The molecule has 0 saturated carbocycles. The highest BCUT2D eigenvalue weighted by molar-refractivity contribution is 5.08. The van der Waals surface area contributed by atoms with Crippen molar-refractivity contribution in [1.29, 1.82) is 0 Å². The maximum Gasteiger partial charge on any atom is 0.0244 e. The normalized spacial score (nSPS) is 26.7. The van der Waals surface area contributed by atoms with Crippen LogP contribution in [-0.4, -0.2) is 69.6 Å². The third-order valence-electron chi connectivity index (χ3n) is 9.60. The second kappa shape index (κ2) is 10.5. The highest BCUT2D eigenvalue weighted by Gasteiger charge is 2.52. The van der Waals surface area contributed by atoms with Crippen molar-refractivity contribution >= 4 is 0 Å². The van der Waals surface area contributed by atoms with Gasteiger partial charge in [-0.15, -0.1) is 0 Å². The van der Waals surface area contributed by atoms with Gasteiger partial charge in [0.05, 0.1) is 0 Å². The maximum atomic E-state index is 2.89. The van der Waals surface area contributed by atoms with Gasteiger partial charge in [-0.2, -0.15) is 0 Å². The molecule has 3 heteroatoms. The van der Waals surface area contributed by atoms with Gasteiger partial charge in [-0.25, -0.2) is 0 Å². The van der Waals surface area contributed by atoms with Gasteiger partial charge in [0.2, 0.25) is 0 Å². The summed E-state index contributed by atoms with van der Waals surface area (Å²) in [6.07, 6.45) is 6.67. The molecule has 0 unspecified atom stereocenters. The Morgan fingerprint density at radius 3 is 1.61 bits per heavy atom. The van der Waals surface area contributed by atoms with Crippen LogP contribution in [-0.2, 0) is 0 Å². The molecule has 3 aliphatic rings. The van der Waals surface area contributed by atoms with E-state index in [1.165, 1.54) is 58.3 Å². The topological polar surface area (TPSA) is 9.72 Å². The molecule has 3 aliphatic heterocycles. The van der Waals surface area contributed by atoms with Crippen LogP contribution in [0, 0.1) is 17.3 Å². The zero-order chi connectivity index (χ0) is 25.4. The van der Waals surface area contributed by atoms with Crippen molar-refractivity contribution in [2.45, 2.75) is 151 Å². The summed E-state index contributed by atoms with van der Waals surface area (Å²) in [5, 5.41) is 0. The highest BCUT2D eigenvalue weighted by Crippen LogP contribution is 2.47. The molecule has 3 heterocycles. The molecule has 0 aromatic carbocycles. The average molecular weight is 464 g/mol. The van der Waals surface area contributed by atoms with Crippen LogP contribution in [0.4, 0.5) is 0 Å². The smallest absolute Gasteiger partial charge is 0.0244 e. The predicted molar refractivity (Wildman–Crippen MR) is 147 cm³/mol. The number of hydrogen-bond donors (Lipinski definition) is 0. The SMILES string of the molecule is CC(C)C(C)(C)N1CCC(C(C)(C)CC(C)(C)N2C[C@@H]3C[C@H]2CN3C(C)(C)C)CC1.CCC. The number of fused-ring (bicyclic) bond motifs is 2. The molecule has 2 bridgehead atoms. The second-order valence-corrected chi connectivity index (χ2v) is 14.8. The summed E-state index contributed by atoms with van der Waals surface area (Å²) < 4.78 is 0. The van der Waals surface area contributed by atoms with Gasteiger partial charge in [-0.05, 0) is 104 Å². The summed E-state index contributed by atoms with van der Waals surface area (Å²) in [6, 6.07) is 1.52. The van der Waals surface area contributed by atoms with Crippen LogP contribution < -0.4 is 0 Å². The minimum absolute atomic E-state index is 0.293. The van der Waals surface area contributed by atoms with Gasteiger partial charge in [0.1, 0.15) is 0 Å². The molecule has 0 aromatic rings. The molecule has 3 saturated heterocycles. The Balaban J connectivity index is 0.00000122. The molecule has 0 N–H and O–H groups in total. The standard InChI is InChI=1S/C27H53N3.C3H8/c1-20(2)27(10,11)28-14-12-21(13-15-28)25(6,7)19-26(8,9)30-18-22-16-23(30)17-29(22)24(3,4)5;1-3-2/h20-23H,12-19H2,1-11H3;3H2,1-2H3/t22-,23-;/m0./s1. The lowest BCUT2D eigenvalue weighted by Gasteiger charge is -2.52. The number of piperazine rings is 1. The lowest BCUT2D eigenvalue weighted by molar-refractivity contribution is -0.0295. The van der Waals surface area contributed by atoms with Crippen molar-refractivity contribution in [2.75, 3.05) is 26.2 Å². The molecule has 0 aromatic heterocycles. The number of hydrogen-bond acceptors (Lipinski definition) is 3. The summed E-state index contributed by atoms with van der Waals surface area (Å²) in [5.41, 5.74) is 1.33. The van der Waals surface area contributed by atoms with Crippen molar-refractivity contribution in [3.8, 4) is 0 Å². The minimum Gasteiger partial charge on any atom is -0.298 e. The molecule has 0 aliphatic carbocycles. The Hall–Kier alpha value is -0.120. The lowest BCUT2D eigenvalue weighted by Crippen LogP contribution is -2.59. The Kier molecular flexibility index (Phi) is 9.24. The van der Waals surface area contributed by atoms with E-state index in [0.717, 1.165) is 18.0 Å². The first-order valence-corrected chi connectivity index (χ1v) is 14.3. The largest absolute Gasteiger partial charge is 0.298 e. The highest BCUT2D eigenvalue weighted by atomic mass is 15.4. The molecule has 0 radical (unpaired) electrons. The molecular weight excluding hydrogens is 402 g/mol.